The Morgan fingerprint density at radius 2 is 1.67 bits per heavy atom. The molecule has 0 saturated heterocycles. The van der Waals surface area contributed by atoms with E-state index < -0.39 is 0 Å². The van der Waals surface area contributed by atoms with Crippen molar-refractivity contribution in [3.8, 4) is 0 Å². The van der Waals surface area contributed by atoms with Gasteiger partial charge in [-0.1, -0.05) is 54.1 Å². The molecule has 21 heavy (non-hydrogen) atoms. The van der Waals surface area contributed by atoms with Gasteiger partial charge in [0.1, 0.15) is 5.82 Å². The number of hydrogen-bond donors (Lipinski definition) is 0. The monoisotopic (exact) mass is 318 g/mol. The van der Waals surface area contributed by atoms with Gasteiger partial charge in [-0.25, -0.2) is 4.39 Å². The first-order valence-electron chi connectivity index (χ1n) is 6.65. The molecule has 0 amide bonds. The van der Waals surface area contributed by atoms with Crippen LogP contribution in [0.25, 0.3) is 10.8 Å². The normalized spacial score (nSPS) is 12.6. The molecule has 0 N–H and O–H groups in total. The predicted octanol–water partition coefficient (Wildman–Crippen LogP) is 6.27. The maximum absolute atomic E-state index is 13.4. The summed E-state index contributed by atoms with van der Waals surface area (Å²) in [5.41, 5.74) is 2.45. The van der Waals surface area contributed by atoms with Crippen molar-refractivity contribution in [3.05, 3.63) is 82.1 Å². The third-order valence-electron chi connectivity index (χ3n) is 3.65. The van der Waals surface area contributed by atoms with Gasteiger partial charge in [-0.3, -0.25) is 0 Å². The van der Waals surface area contributed by atoms with Crippen LogP contribution < -0.4 is 0 Å². The first-order chi connectivity index (χ1) is 10.1. The van der Waals surface area contributed by atoms with Gasteiger partial charge in [0, 0.05) is 10.4 Å². The van der Waals surface area contributed by atoms with E-state index in [0.29, 0.717) is 10.6 Å². The van der Waals surface area contributed by atoms with Crippen molar-refractivity contribution in [1.29, 1.82) is 0 Å². The van der Waals surface area contributed by atoms with E-state index in [1.807, 2.05) is 36.4 Å². The molecular formula is C18H13Cl2F. The molecule has 3 aromatic carbocycles. The van der Waals surface area contributed by atoms with Crippen molar-refractivity contribution in [2.24, 2.45) is 0 Å². The topological polar surface area (TPSA) is 0 Å². The first-order valence-corrected chi connectivity index (χ1v) is 7.46. The SMILES string of the molecule is Cc1cc(C(Cl)c2ccc(Cl)c3ccccc23)ccc1F. The van der Waals surface area contributed by atoms with Gasteiger partial charge in [0.05, 0.1) is 5.38 Å². The minimum Gasteiger partial charge on any atom is -0.207 e. The fourth-order valence-electron chi connectivity index (χ4n) is 2.51. The molecule has 0 saturated carbocycles. The molecule has 0 spiro atoms. The Morgan fingerprint density at radius 1 is 0.952 bits per heavy atom. The fraction of sp³-hybridized carbons (Fsp3) is 0.111. The van der Waals surface area contributed by atoms with Crippen LogP contribution in [0.3, 0.4) is 0 Å². The van der Waals surface area contributed by atoms with E-state index in [1.54, 1.807) is 19.1 Å². The number of benzene rings is 3. The second-order valence-electron chi connectivity index (χ2n) is 5.05. The van der Waals surface area contributed by atoms with Crippen molar-refractivity contribution in [3.63, 3.8) is 0 Å². The van der Waals surface area contributed by atoms with Crippen LogP contribution >= 0.6 is 23.2 Å². The van der Waals surface area contributed by atoms with Crippen LogP contribution in [0, 0.1) is 12.7 Å². The van der Waals surface area contributed by atoms with Crippen LogP contribution in [0.15, 0.2) is 54.6 Å². The molecule has 106 valence electrons. The van der Waals surface area contributed by atoms with Gasteiger partial charge in [-0.2, -0.15) is 0 Å². The highest BCUT2D eigenvalue weighted by Gasteiger charge is 2.15. The third kappa shape index (κ3) is 2.64. The molecule has 0 heterocycles. The molecule has 1 unspecified atom stereocenters. The van der Waals surface area contributed by atoms with E-state index in [9.17, 15) is 4.39 Å². The van der Waals surface area contributed by atoms with Crippen LogP contribution in [0.5, 0.6) is 0 Å². The molecule has 3 rings (SSSR count). The summed E-state index contributed by atoms with van der Waals surface area (Å²) in [5, 5.41) is 2.35. The summed E-state index contributed by atoms with van der Waals surface area (Å²) < 4.78 is 13.4. The zero-order valence-electron chi connectivity index (χ0n) is 11.4. The van der Waals surface area contributed by atoms with Crippen molar-refractivity contribution in [2.45, 2.75) is 12.3 Å². The lowest BCUT2D eigenvalue weighted by molar-refractivity contribution is 0.617. The predicted molar refractivity (Wildman–Crippen MR) is 87.8 cm³/mol. The molecule has 0 radical (unpaired) electrons. The molecule has 0 nitrogen and oxygen atoms in total. The summed E-state index contributed by atoms with van der Waals surface area (Å²) in [6.07, 6.45) is 0. The average molecular weight is 319 g/mol. The Kier molecular flexibility index (Phi) is 3.88. The molecule has 0 aromatic heterocycles. The average Bonchev–Trinajstić information content (AvgIpc) is 2.50. The summed E-state index contributed by atoms with van der Waals surface area (Å²) in [6.45, 7) is 1.74. The minimum atomic E-state index is -0.341. The lowest BCUT2D eigenvalue weighted by Gasteiger charge is -2.15. The van der Waals surface area contributed by atoms with Gasteiger partial charge in [0.25, 0.3) is 0 Å². The highest BCUT2D eigenvalue weighted by Crippen LogP contribution is 2.36. The summed E-state index contributed by atoms with van der Waals surface area (Å²) in [4.78, 5) is 0. The second-order valence-corrected chi connectivity index (χ2v) is 5.90. The van der Waals surface area contributed by atoms with Gasteiger partial charge >= 0.3 is 0 Å². The molecule has 0 bridgehead atoms. The van der Waals surface area contributed by atoms with Gasteiger partial charge in [0.2, 0.25) is 0 Å². The number of hydrogen-bond acceptors (Lipinski definition) is 0. The highest BCUT2D eigenvalue weighted by molar-refractivity contribution is 6.36. The summed E-state index contributed by atoms with van der Waals surface area (Å²) >= 11 is 12.9. The Bertz CT molecular complexity index is 811. The molecule has 0 aliphatic heterocycles. The zero-order valence-corrected chi connectivity index (χ0v) is 12.9. The molecule has 0 aliphatic rings. The summed E-state index contributed by atoms with van der Waals surface area (Å²) in [6, 6.07) is 16.6. The van der Waals surface area contributed by atoms with E-state index >= 15 is 0 Å². The van der Waals surface area contributed by atoms with Gasteiger partial charge < -0.3 is 0 Å². The van der Waals surface area contributed by atoms with E-state index in [2.05, 4.69) is 0 Å². The number of halogens is 3. The van der Waals surface area contributed by atoms with Crippen LogP contribution in [0.1, 0.15) is 22.1 Å². The van der Waals surface area contributed by atoms with Crippen LogP contribution in [0.4, 0.5) is 4.39 Å². The van der Waals surface area contributed by atoms with Crippen molar-refractivity contribution in [2.75, 3.05) is 0 Å². The second kappa shape index (κ2) is 5.67. The highest BCUT2D eigenvalue weighted by atomic mass is 35.5. The largest absolute Gasteiger partial charge is 0.207 e. The van der Waals surface area contributed by atoms with Gasteiger partial charge in [-0.05, 0) is 41.1 Å². The molecule has 0 aliphatic carbocycles. The third-order valence-corrected chi connectivity index (χ3v) is 4.47. The Balaban J connectivity index is 2.15. The molecule has 3 heteroatoms. The minimum absolute atomic E-state index is 0.219. The maximum atomic E-state index is 13.4. The van der Waals surface area contributed by atoms with Gasteiger partial charge in [0.15, 0.2) is 0 Å². The summed E-state index contributed by atoms with van der Waals surface area (Å²) in [5.74, 6) is -0.219. The van der Waals surface area contributed by atoms with Crippen molar-refractivity contribution in [1.82, 2.24) is 0 Å². The Morgan fingerprint density at radius 3 is 2.38 bits per heavy atom. The number of rotatable bonds is 2. The van der Waals surface area contributed by atoms with Gasteiger partial charge in [-0.15, -0.1) is 11.6 Å². The van der Waals surface area contributed by atoms with E-state index in [0.717, 1.165) is 21.9 Å². The van der Waals surface area contributed by atoms with E-state index in [4.69, 9.17) is 23.2 Å². The lowest BCUT2D eigenvalue weighted by Crippen LogP contribution is -1.96. The van der Waals surface area contributed by atoms with Crippen LogP contribution in [0.2, 0.25) is 5.02 Å². The number of fused-ring (bicyclic) bond motifs is 1. The zero-order chi connectivity index (χ0) is 15.0. The number of aryl methyl sites for hydroxylation is 1. The molecule has 0 fully saturated rings. The number of alkyl halides is 1. The smallest absolute Gasteiger partial charge is 0.126 e. The molecular weight excluding hydrogens is 306 g/mol. The van der Waals surface area contributed by atoms with Crippen molar-refractivity contribution < 1.29 is 4.39 Å². The van der Waals surface area contributed by atoms with Crippen LogP contribution in [-0.4, -0.2) is 0 Å². The Hall–Kier alpha value is -1.57. The maximum Gasteiger partial charge on any atom is 0.126 e. The summed E-state index contributed by atoms with van der Waals surface area (Å²) in [7, 11) is 0. The first kappa shape index (κ1) is 14.4. The lowest BCUT2D eigenvalue weighted by atomic mass is 9.97. The fourth-order valence-corrected chi connectivity index (χ4v) is 3.07. The molecule has 1 atom stereocenters. The van der Waals surface area contributed by atoms with Crippen LogP contribution in [-0.2, 0) is 0 Å². The van der Waals surface area contributed by atoms with Crippen molar-refractivity contribution >= 4 is 34.0 Å². The standard InChI is InChI=1S/C18H13Cl2F/c1-11-10-12(6-9-17(11)21)18(20)15-7-8-16(19)14-5-3-2-4-13(14)15/h2-10,18H,1H3. The van der Waals surface area contributed by atoms with E-state index in [-0.39, 0.29) is 11.2 Å². The quantitative estimate of drug-likeness (QED) is 0.488. The van der Waals surface area contributed by atoms with E-state index in [1.165, 1.54) is 6.07 Å². The molecule has 3 aromatic rings. The Labute approximate surface area is 133 Å².